The van der Waals surface area contributed by atoms with E-state index in [1.165, 1.54) is 11.1 Å². The summed E-state index contributed by atoms with van der Waals surface area (Å²) in [6.45, 7) is 1.40. The van der Waals surface area contributed by atoms with Gasteiger partial charge >= 0.3 is 6.03 Å². The first-order chi connectivity index (χ1) is 16.7. The highest BCUT2D eigenvalue weighted by atomic mass is 79.9. The lowest BCUT2D eigenvalue weighted by Gasteiger charge is -2.33. The first-order valence-corrected chi connectivity index (χ1v) is 12.2. The van der Waals surface area contributed by atoms with Crippen molar-refractivity contribution in [1.82, 2.24) is 10.0 Å². The van der Waals surface area contributed by atoms with Gasteiger partial charge in [0.1, 0.15) is 0 Å². The first kappa shape index (κ1) is 22.4. The van der Waals surface area contributed by atoms with E-state index in [0.29, 0.717) is 6.54 Å². The molecule has 1 aliphatic heterocycles. The molecule has 0 aliphatic carbocycles. The number of hydrogen-bond donors (Lipinski definition) is 1. The highest BCUT2D eigenvalue weighted by Gasteiger charge is 2.44. The Balaban J connectivity index is 1.55. The molecule has 0 bridgehead atoms. The molecule has 4 nitrogen and oxygen atoms in total. The topological polar surface area (TPSA) is 35.6 Å². The molecule has 0 saturated carbocycles. The Morgan fingerprint density at radius 3 is 1.94 bits per heavy atom. The average Bonchev–Trinajstić information content (AvgIpc) is 3.26. The Labute approximate surface area is 208 Å². The van der Waals surface area contributed by atoms with Crippen molar-refractivity contribution in [3.63, 3.8) is 0 Å². The van der Waals surface area contributed by atoms with E-state index in [-0.39, 0.29) is 18.0 Å². The normalized spacial score (nSPS) is 18.1. The molecule has 4 aromatic rings. The minimum Gasteiger partial charge on any atom is -0.307 e. The van der Waals surface area contributed by atoms with E-state index in [9.17, 15) is 4.79 Å². The van der Waals surface area contributed by atoms with E-state index >= 15 is 0 Å². The van der Waals surface area contributed by atoms with Crippen LogP contribution >= 0.6 is 15.9 Å². The van der Waals surface area contributed by atoms with Crippen LogP contribution in [-0.4, -0.2) is 22.6 Å². The van der Waals surface area contributed by atoms with Crippen molar-refractivity contribution in [2.75, 3.05) is 11.9 Å². The summed E-state index contributed by atoms with van der Waals surface area (Å²) in [4.78, 5) is 13.8. The van der Waals surface area contributed by atoms with Crippen molar-refractivity contribution in [2.24, 2.45) is 0 Å². The number of urea groups is 1. The van der Waals surface area contributed by atoms with Crippen LogP contribution in [0, 0.1) is 0 Å². The zero-order valence-electron chi connectivity index (χ0n) is 18.7. The Kier molecular flexibility index (Phi) is 6.74. The number of halogens is 1. The maximum atomic E-state index is 13.8. The van der Waals surface area contributed by atoms with Gasteiger partial charge in [0.25, 0.3) is 0 Å². The van der Waals surface area contributed by atoms with Gasteiger partial charge in [0.15, 0.2) is 0 Å². The second-order valence-corrected chi connectivity index (χ2v) is 9.40. The smallest absolute Gasteiger partial charge is 0.307 e. The van der Waals surface area contributed by atoms with Crippen LogP contribution in [0.5, 0.6) is 0 Å². The molecular formula is C29H26BrN3O. The molecule has 34 heavy (non-hydrogen) atoms. The number of amides is 2. The van der Waals surface area contributed by atoms with E-state index in [1.54, 1.807) is 0 Å². The van der Waals surface area contributed by atoms with E-state index in [0.717, 1.165) is 22.3 Å². The number of carbonyl (C=O) groups excluding carboxylic acids is 1. The molecule has 1 heterocycles. The van der Waals surface area contributed by atoms with Gasteiger partial charge in [-0.1, -0.05) is 107 Å². The largest absolute Gasteiger partial charge is 0.336 e. The molecule has 0 unspecified atom stereocenters. The van der Waals surface area contributed by atoms with E-state index in [2.05, 4.69) is 74.8 Å². The number of hydrogen-bond acceptors (Lipinski definition) is 2. The third-order valence-electron chi connectivity index (χ3n) is 6.24. The summed E-state index contributed by atoms with van der Waals surface area (Å²) in [5.41, 5.74) is 4.29. The Bertz CT molecular complexity index is 1220. The average molecular weight is 512 g/mol. The van der Waals surface area contributed by atoms with Gasteiger partial charge in [-0.05, 0) is 41.0 Å². The fourth-order valence-electron chi connectivity index (χ4n) is 4.68. The van der Waals surface area contributed by atoms with Gasteiger partial charge in [0.2, 0.25) is 0 Å². The minimum absolute atomic E-state index is 0.122. The minimum atomic E-state index is -0.134. The second-order valence-electron chi connectivity index (χ2n) is 8.49. The van der Waals surface area contributed by atoms with Gasteiger partial charge in [-0.15, -0.1) is 0 Å². The molecule has 1 fully saturated rings. The predicted octanol–water partition coefficient (Wildman–Crippen LogP) is 7.24. The number of nitrogens with one attached hydrogen (secondary N) is 1. The van der Waals surface area contributed by atoms with Gasteiger partial charge < -0.3 is 5.32 Å². The fourth-order valence-corrected chi connectivity index (χ4v) is 4.94. The Hall–Kier alpha value is -3.41. The van der Waals surface area contributed by atoms with Crippen LogP contribution in [0.3, 0.4) is 0 Å². The summed E-state index contributed by atoms with van der Waals surface area (Å²) >= 11 is 3.47. The van der Waals surface area contributed by atoms with Crippen LogP contribution < -0.4 is 5.32 Å². The number of anilines is 1. The molecule has 0 spiro atoms. The third-order valence-corrected chi connectivity index (χ3v) is 6.77. The number of benzene rings is 4. The Morgan fingerprint density at radius 1 is 0.765 bits per heavy atom. The molecule has 170 valence electrons. The molecule has 2 amide bonds. The molecule has 1 saturated heterocycles. The SMILES string of the molecule is O=C(Nc1ccc(Br)cc1)N1[C@H](c2ccccc2)[C@@H](c2ccccc2)CN1Cc1ccccc1. The van der Waals surface area contributed by atoms with E-state index in [1.807, 2.05) is 71.7 Å². The molecular weight excluding hydrogens is 486 g/mol. The van der Waals surface area contributed by atoms with Crippen molar-refractivity contribution in [3.8, 4) is 0 Å². The number of carbonyl (C=O) groups is 1. The van der Waals surface area contributed by atoms with Gasteiger partial charge in [0, 0.05) is 29.2 Å². The lowest BCUT2D eigenvalue weighted by atomic mass is 9.88. The second kappa shape index (κ2) is 10.2. The van der Waals surface area contributed by atoms with Gasteiger partial charge in [-0.25, -0.2) is 14.8 Å². The molecule has 1 aliphatic rings. The van der Waals surface area contributed by atoms with Crippen molar-refractivity contribution >= 4 is 27.6 Å². The van der Waals surface area contributed by atoms with Crippen LogP contribution in [0.25, 0.3) is 0 Å². The molecule has 5 rings (SSSR count). The lowest BCUT2D eigenvalue weighted by molar-refractivity contribution is 0.0360. The van der Waals surface area contributed by atoms with Crippen molar-refractivity contribution in [3.05, 3.63) is 136 Å². The van der Waals surface area contributed by atoms with Gasteiger partial charge in [-0.2, -0.15) is 0 Å². The van der Waals surface area contributed by atoms with Gasteiger partial charge in [-0.3, -0.25) is 0 Å². The monoisotopic (exact) mass is 511 g/mol. The molecule has 5 heteroatoms. The first-order valence-electron chi connectivity index (χ1n) is 11.4. The predicted molar refractivity (Wildman–Crippen MR) is 140 cm³/mol. The zero-order valence-corrected chi connectivity index (χ0v) is 20.3. The quantitative estimate of drug-likeness (QED) is 0.306. The summed E-state index contributed by atoms with van der Waals surface area (Å²) in [5.74, 6) is 0.142. The standard InChI is InChI=1S/C29H26BrN3O/c30-25-16-18-26(19-17-25)31-29(34)33-28(24-14-8-3-9-15-24)27(23-12-6-2-7-13-23)21-32(33)20-22-10-4-1-5-11-22/h1-19,27-28H,20-21H2,(H,31,34)/t27-,28-/m1/s1. The Morgan fingerprint density at radius 2 is 1.32 bits per heavy atom. The number of nitrogens with zero attached hydrogens (tertiary/aromatic N) is 2. The van der Waals surface area contributed by atoms with Gasteiger partial charge in [0.05, 0.1) is 6.04 Å². The van der Waals surface area contributed by atoms with Crippen molar-refractivity contribution in [1.29, 1.82) is 0 Å². The highest BCUT2D eigenvalue weighted by Crippen LogP contribution is 2.44. The molecule has 4 aromatic carbocycles. The maximum Gasteiger partial charge on any atom is 0.336 e. The number of hydrazine groups is 1. The highest BCUT2D eigenvalue weighted by molar-refractivity contribution is 9.10. The van der Waals surface area contributed by atoms with Crippen molar-refractivity contribution in [2.45, 2.75) is 18.5 Å². The summed E-state index contributed by atoms with van der Waals surface area (Å²) in [6.07, 6.45) is 0. The molecule has 0 aromatic heterocycles. The van der Waals surface area contributed by atoms with Crippen LogP contribution in [0.2, 0.25) is 0 Å². The summed E-state index contributed by atoms with van der Waals surface area (Å²) in [5, 5.41) is 7.22. The van der Waals surface area contributed by atoms with Crippen LogP contribution in [0.15, 0.2) is 120 Å². The fraction of sp³-hybridized carbons (Fsp3) is 0.138. The molecule has 1 N–H and O–H groups in total. The van der Waals surface area contributed by atoms with Crippen LogP contribution in [0.1, 0.15) is 28.7 Å². The van der Waals surface area contributed by atoms with Crippen LogP contribution in [0.4, 0.5) is 10.5 Å². The van der Waals surface area contributed by atoms with E-state index in [4.69, 9.17) is 0 Å². The summed E-state index contributed by atoms with van der Waals surface area (Å²) < 4.78 is 0.976. The van der Waals surface area contributed by atoms with E-state index < -0.39 is 0 Å². The molecule has 2 atom stereocenters. The van der Waals surface area contributed by atoms with Crippen molar-refractivity contribution < 1.29 is 4.79 Å². The third kappa shape index (κ3) is 4.91. The molecule has 0 radical (unpaired) electrons. The van der Waals surface area contributed by atoms with Crippen LogP contribution in [-0.2, 0) is 6.54 Å². The summed E-state index contributed by atoms with van der Waals surface area (Å²) in [6, 6.07) is 38.6. The zero-order chi connectivity index (χ0) is 23.3. The lowest BCUT2D eigenvalue weighted by Crippen LogP contribution is -2.44. The number of rotatable bonds is 5. The summed E-state index contributed by atoms with van der Waals surface area (Å²) in [7, 11) is 0. The maximum absolute atomic E-state index is 13.8.